The fourth-order valence-corrected chi connectivity index (χ4v) is 5.18. The highest BCUT2D eigenvalue weighted by molar-refractivity contribution is 6.46. The number of hydrogen-bond acceptors (Lipinski definition) is 8. The number of aliphatic hydroxyl groups is 1. The molecule has 3 aromatic rings. The van der Waals surface area contributed by atoms with Crippen LogP contribution >= 0.6 is 0 Å². The lowest BCUT2D eigenvalue weighted by Crippen LogP contribution is -2.42. The summed E-state index contributed by atoms with van der Waals surface area (Å²) in [6.07, 6.45) is 1.77. The molecule has 1 amide bonds. The van der Waals surface area contributed by atoms with E-state index in [2.05, 4.69) is 9.88 Å². The van der Waals surface area contributed by atoms with Crippen LogP contribution in [-0.4, -0.2) is 88.5 Å². The first-order valence-electron chi connectivity index (χ1n) is 12.5. The summed E-state index contributed by atoms with van der Waals surface area (Å²) in [5.41, 5.74) is 3.41. The molecule has 2 aliphatic rings. The average Bonchev–Trinajstić information content (AvgIpc) is 3.41. The minimum Gasteiger partial charge on any atom is -0.505 e. The second-order valence-electron chi connectivity index (χ2n) is 9.49. The van der Waals surface area contributed by atoms with E-state index < -0.39 is 23.7 Å². The monoisotopic (exact) mass is 518 g/mol. The topological polar surface area (TPSA) is 114 Å². The first-order valence-corrected chi connectivity index (χ1v) is 12.5. The molecule has 0 radical (unpaired) electrons. The minimum atomic E-state index is -0.836. The van der Waals surface area contributed by atoms with Crippen LogP contribution in [0.4, 0.5) is 0 Å². The van der Waals surface area contributed by atoms with Crippen molar-refractivity contribution in [2.24, 2.45) is 0 Å². The normalized spacial score (nSPS) is 19.9. The third-order valence-corrected chi connectivity index (χ3v) is 7.19. The Kier molecular flexibility index (Phi) is 7.00. The van der Waals surface area contributed by atoms with Crippen LogP contribution in [0, 0.1) is 13.8 Å². The predicted molar refractivity (Wildman–Crippen MR) is 139 cm³/mol. The van der Waals surface area contributed by atoms with Crippen molar-refractivity contribution in [3.05, 3.63) is 76.2 Å². The molecule has 0 aliphatic carbocycles. The lowest BCUT2D eigenvalue weighted by atomic mass is 9.95. The molecule has 2 aromatic heterocycles. The van der Waals surface area contributed by atoms with E-state index in [1.54, 1.807) is 41.8 Å². The van der Waals surface area contributed by atoms with E-state index in [0.717, 1.165) is 18.7 Å². The Morgan fingerprint density at radius 2 is 1.82 bits per heavy atom. The molecule has 4 heterocycles. The van der Waals surface area contributed by atoms with Gasteiger partial charge in [-0.25, -0.2) is 9.78 Å². The molecule has 5 rings (SSSR count). The van der Waals surface area contributed by atoms with Crippen molar-refractivity contribution >= 4 is 29.1 Å². The third kappa shape index (κ3) is 4.46. The van der Waals surface area contributed by atoms with Gasteiger partial charge in [0.2, 0.25) is 0 Å². The predicted octanol–water partition coefficient (Wildman–Crippen LogP) is 2.49. The summed E-state index contributed by atoms with van der Waals surface area (Å²) in [6.45, 7) is 7.23. The number of aliphatic hydroxyl groups excluding tert-OH is 1. The summed E-state index contributed by atoms with van der Waals surface area (Å²) in [6, 6.07) is 9.46. The first-order chi connectivity index (χ1) is 18.3. The number of aromatic nitrogens is 2. The molecule has 10 heteroatoms. The van der Waals surface area contributed by atoms with E-state index >= 15 is 0 Å². The smallest absolute Gasteiger partial charge is 0.337 e. The number of nitrogens with zero attached hydrogens (tertiary/aromatic N) is 4. The number of ether oxygens (including phenoxy) is 2. The Bertz CT molecular complexity index is 1440. The van der Waals surface area contributed by atoms with Crippen LogP contribution in [0.15, 0.2) is 48.2 Å². The van der Waals surface area contributed by atoms with Crippen molar-refractivity contribution in [3.63, 3.8) is 0 Å². The number of amides is 1. The maximum absolute atomic E-state index is 13.5. The molecule has 1 aromatic carbocycles. The Morgan fingerprint density at radius 3 is 2.50 bits per heavy atom. The maximum atomic E-state index is 13.5. The average molecular weight is 519 g/mol. The Morgan fingerprint density at radius 1 is 1.11 bits per heavy atom. The molecular formula is C28H30N4O6. The van der Waals surface area contributed by atoms with Gasteiger partial charge in [0.05, 0.1) is 43.2 Å². The number of aryl methyl sites for hydroxylation is 2. The molecule has 2 fully saturated rings. The summed E-state index contributed by atoms with van der Waals surface area (Å²) in [4.78, 5) is 47.1. The molecular weight excluding hydrogens is 488 g/mol. The number of benzene rings is 1. The number of esters is 1. The van der Waals surface area contributed by atoms with E-state index in [9.17, 15) is 19.5 Å². The van der Waals surface area contributed by atoms with Crippen molar-refractivity contribution in [3.8, 4) is 0 Å². The summed E-state index contributed by atoms with van der Waals surface area (Å²) < 4.78 is 12.0. The zero-order chi connectivity index (χ0) is 27.0. The molecule has 0 spiro atoms. The molecule has 0 unspecified atom stereocenters. The summed E-state index contributed by atoms with van der Waals surface area (Å²) in [7, 11) is 1.30. The Balaban J connectivity index is 1.62. The number of Topliss-reactive ketones (excluding diaryl/α,β-unsaturated/α-hetero) is 1. The Labute approximate surface area is 220 Å². The fourth-order valence-electron chi connectivity index (χ4n) is 5.18. The summed E-state index contributed by atoms with van der Waals surface area (Å²) in [5.74, 6) is -2.21. The van der Waals surface area contributed by atoms with Crippen molar-refractivity contribution < 1.29 is 29.0 Å². The van der Waals surface area contributed by atoms with E-state index in [1.807, 2.05) is 19.1 Å². The lowest BCUT2D eigenvalue weighted by molar-refractivity contribution is -0.140. The number of fused-ring (bicyclic) bond motifs is 1. The summed E-state index contributed by atoms with van der Waals surface area (Å²) >= 11 is 0. The van der Waals surface area contributed by atoms with Crippen molar-refractivity contribution in [1.29, 1.82) is 0 Å². The number of rotatable bonds is 6. The minimum absolute atomic E-state index is 0.00537. The number of ketones is 1. The molecule has 0 bridgehead atoms. The molecule has 1 N–H and O–H groups in total. The van der Waals surface area contributed by atoms with Crippen molar-refractivity contribution in [2.75, 3.05) is 46.5 Å². The quantitative estimate of drug-likeness (QED) is 0.229. The third-order valence-electron chi connectivity index (χ3n) is 7.19. The van der Waals surface area contributed by atoms with E-state index in [0.29, 0.717) is 47.9 Å². The zero-order valence-electron chi connectivity index (χ0n) is 21.6. The van der Waals surface area contributed by atoms with Crippen LogP contribution in [0.5, 0.6) is 0 Å². The van der Waals surface area contributed by atoms with Crippen LogP contribution in [0.3, 0.4) is 0 Å². The number of pyridine rings is 1. The van der Waals surface area contributed by atoms with Crippen molar-refractivity contribution in [2.45, 2.75) is 19.9 Å². The molecule has 2 saturated heterocycles. The first kappa shape index (κ1) is 25.6. The maximum Gasteiger partial charge on any atom is 0.337 e. The summed E-state index contributed by atoms with van der Waals surface area (Å²) in [5, 5.41) is 11.6. The van der Waals surface area contributed by atoms with Gasteiger partial charge in [0.1, 0.15) is 11.3 Å². The van der Waals surface area contributed by atoms with E-state index in [-0.39, 0.29) is 17.9 Å². The van der Waals surface area contributed by atoms with Gasteiger partial charge in [-0.3, -0.25) is 18.9 Å². The van der Waals surface area contributed by atoms with Gasteiger partial charge in [-0.05, 0) is 43.2 Å². The molecule has 10 nitrogen and oxygen atoms in total. The number of hydrogen-bond donors (Lipinski definition) is 1. The van der Waals surface area contributed by atoms with Gasteiger partial charge in [0, 0.05) is 32.4 Å². The molecule has 198 valence electrons. The number of carbonyl (C=O) groups is 3. The van der Waals surface area contributed by atoms with Crippen LogP contribution in [0.1, 0.15) is 38.9 Å². The van der Waals surface area contributed by atoms with Crippen LogP contribution < -0.4 is 0 Å². The second kappa shape index (κ2) is 10.4. The second-order valence-corrected chi connectivity index (χ2v) is 9.49. The van der Waals surface area contributed by atoms with Gasteiger partial charge in [-0.2, -0.15) is 0 Å². The van der Waals surface area contributed by atoms with Gasteiger partial charge in [0.25, 0.3) is 11.7 Å². The highest BCUT2D eigenvalue weighted by Crippen LogP contribution is 2.40. The molecule has 0 saturated carbocycles. The molecule has 1 atom stereocenters. The highest BCUT2D eigenvalue weighted by atomic mass is 16.5. The standard InChI is InChI=1S/C28H30N4O6/c1-17-5-4-10-31-22(18(2)29-26(17)31)24(33)21-23(19-6-8-20(9-7-19)28(36)37-3)32(27(35)25(21)34)12-11-30-13-15-38-16-14-30/h4-10,23,33H,11-16H2,1-3H3/b24-21+/t23-/m1/s1. The zero-order valence-corrected chi connectivity index (χ0v) is 21.6. The van der Waals surface area contributed by atoms with Gasteiger partial charge in [-0.15, -0.1) is 0 Å². The largest absolute Gasteiger partial charge is 0.505 e. The number of likely N-dealkylation sites (tertiary alicyclic amines) is 1. The lowest BCUT2D eigenvalue weighted by Gasteiger charge is -2.31. The van der Waals surface area contributed by atoms with Gasteiger partial charge < -0.3 is 19.5 Å². The van der Waals surface area contributed by atoms with Gasteiger partial charge in [-0.1, -0.05) is 18.2 Å². The number of imidazole rings is 1. The van der Waals surface area contributed by atoms with Crippen LogP contribution in [0.2, 0.25) is 0 Å². The van der Waals surface area contributed by atoms with Gasteiger partial charge >= 0.3 is 5.97 Å². The number of morpholine rings is 1. The SMILES string of the molecule is COC(=O)c1ccc([C@@H]2/C(=C(\O)c3c(C)nc4c(C)cccn34)C(=O)C(=O)N2CCN2CCOCC2)cc1. The van der Waals surface area contributed by atoms with Crippen molar-refractivity contribution in [1.82, 2.24) is 19.2 Å². The van der Waals surface area contributed by atoms with Crippen LogP contribution in [-0.2, 0) is 19.1 Å². The number of methoxy groups -OCH3 is 1. The highest BCUT2D eigenvalue weighted by Gasteiger charge is 2.46. The van der Waals surface area contributed by atoms with E-state index in [1.165, 1.54) is 12.0 Å². The van der Waals surface area contributed by atoms with Gasteiger partial charge in [0.15, 0.2) is 5.76 Å². The Hall–Kier alpha value is -4.02. The fraction of sp³-hybridized carbons (Fsp3) is 0.357. The number of carbonyl (C=O) groups excluding carboxylic acids is 3. The molecule has 2 aliphatic heterocycles. The van der Waals surface area contributed by atoms with Crippen LogP contribution in [0.25, 0.3) is 11.4 Å². The molecule has 38 heavy (non-hydrogen) atoms. The van der Waals surface area contributed by atoms with E-state index in [4.69, 9.17) is 9.47 Å².